The fourth-order valence-electron chi connectivity index (χ4n) is 3.15. The van der Waals surface area contributed by atoms with Gasteiger partial charge in [-0.05, 0) is 66.1 Å². The Morgan fingerprint density at radius 2 is 1.76 bits per heavy atom. The van der Waals surface area contributed by atoms with Crippen LogP contribution >= 0.6 is 34.5 Å². The molecule has 1 unspecified atom stereocenters. The second-order valence-electron chi connectivity index (χ2n) is 6.97. The zero-order chi connectivity index (χ0) is 20.4. The first-order valence-electron chi connectivity index (χ1n) is 9.22. The molecular formula is C22H18Cl2N2O2S. The van der Waals surface area contributed by atoms with Crippen LogP contribution in [0.3, 0.4) is 0 Å². The number of halogens is 2. The molecule has 29 heavy (non-hydrogen) atoms. The molecule has 4 nitrogen and oxygen atoms in total. The molecule has 148 valence electrons. The van der Waals surface area contributed by atoms with Crippen LogP contribution < -0.4 is 10.6 Å². The van der Waals surface area contributed by atoms with Crippen LogP contribution in [0.25, 0.3) is 0 Å². The van der Waals surface area contributed by atoms with E-state index in [9.17, 15) is 9.59 Å². The maximum atomic E-state index is 12.9. The Morgan fingerprint density at radius 1 is 1.00 bits per heavy atom. The van der Waals surface area contributed by atoms with Crippen LogP contribution in [0.4, 0.5) is 5.69 Å². The Kier molecular flexibility index (Phi) is 5.90. The molecule has 0 bridgehead atoms. The summed E-state index contributed by atoms with van der Waals surface area (Å²) in [5, 5.41) is 8.77. The first-order chi connectivity index (χ1) is 14.0. The Bertz CT molecular complexity index is 1030. The maximum absolute atomic E-state index is 12.9. The summed E-state index contributed by atoms with van der Waals surface area (Å²) in [7, 11) is 0. The fraction of sp³-hybridized carbons (Fsp3) is 0.182. The van der Waals surface area contributed by atoms with Gasteiger partial charge in [-0.3, -0.25) is 9.59 Å². The number of hydrogen-bond acceptors (Lipinski definition) is 3. The lowest BCUT2D eigenvalue weighted by molar-refractivity contribution is 0.0930. The van der Waals surface area contributed by atoms with Crippen LogP contribution in [-0.4, -0.2) is 11.8 Å². The van der Waals surface area contributed by atoms with Crippen LogP contribution in [0.15, 0.2) is 60.0 Å². The van der Waals surface area contributed by atoms with Crippen LogP contribution in [0, 0.1) is 5.92 Å². The average molecular weight is 445 g/mol. The van der Waals surface area contributed by atoms with Gasteiger partial charge in [0.1, 0.15) is 0 Å². The van der Waals surface area contributed by atoms with Gasteiger partial charge in [0.25, 0.3) is 11.8 Å². The molecule has 4 rings (SSSR count). The van der Waals surface area contributed by atoms with E-state index in [0.29, 0.717) is 32.1 Å². The van der Waals surface area contributed by atoms with Crippen molar-refractivity contribution in [3.05, 3.63) is 86.0 Å². The van der Waals surface area contributed by atoms with Gasteiger partial charge >= 0.3 is 0 Å². The van der Waals surface area contributed by atoms with Crippen LogP contribution in [0.1, 0.15) is 44.5 Å². The Morgan fingerprint density at radius 3 is 2.41 bits per heavy atom. The van der Waals surface area contributed by atoms with Crippen molar-refractivity contribution in [1.29, 1.82) is 0 Å². The van der Waals surface area contributed by atoms with E-state index in [1.807, 2.05) is 29.6 Å². The Hall–Kier alpha value is -2.34. The summed E-state index contributed by atoms with van der Waals surface area (Å²) in [6, 6.07) is 15.9. The minimum atomic E-state index is -0.253. The van der Waals surface area contributed by atoms with Crippen molar-refractivity contribution in [2.24, 2.45) is 5.92 Å². The van der Waals surface area contributed by atoms with Gasteiger partial charge in [0.05, 0.1) is 21.6 Å². The molecule has 0 aliphatic heterocycles. The van der Waals surface area contributed by atoms with Gasteiger partial charge in [0, 0.05) is 10.6 Å². The lowest BCUT2D eigenvalue weighted by Crippen LogP contribution is -2.30. The molecule has 2 aromatic carbocycles. The Labute approximate surface area is 182 Å². The summed E-state index contributed by atoms with van der Waals surface area (Å²) in [6.45, 7) is 0. The number of carbonyl (C=O) groups is 2. The van der Waals surface area contributed by atoms with Gasteiger partial charge in [0.15, 0.2) is 0 Å². The van der Waals surface area contributed by atoms with Crippen molar-refractivity contribution < 1.29 is 9.59 Å². The minimum Gasteiger partial charge on any atom is -0.345 e. The highest BCUT2D eigenvalue weighted by Gasteiger charge is 2.33. The van der Waals surface area contributed by atoms with E-state index in [0.717, 1.165) is 18.4 Å². The topological polar surface area (TPSA) is 58.2 Å². The first-order valence-corrected chi connectivity index (χ1v) is 10.9. The molecular weight excluding hydrogens is 427 g/mol. The van der Waals surface area contributed by atoms with Gasteiger partial charge in [-0.15, -0.1) is 11.3 Å². The van der Waals surface area contributed by atoms with Crippen LogP contribution in [0.5, 0.6) is 0 Å². The molecule has 2 amide bonds. The summed E-state index contributed by atoms with van der Waals surface area (Å²) < 4.78 is 0. The molecule has 1 saturated carbocycles. The predicted molar refractivity (Wildman–Crippen MR) is 118 cm³/mol. The van der Waals surface area contributed by atoms with E-state index in [-0.39, 0.29) is 17.9 Å². The summed E-state index contributed by atoms with van der Waals surface area (Å²) >= 11 is 13.6. The summed E-state index contributed by atoms with van der Waals surface area (Å²) in [5.41, 5.74) is 1.88. The molecule has 3 aromatic rings. The van der Waals surface area contributed by atoms with Crippen LogP contribution in [0.2, 0.25) is 10.0 Å². The van der Waals surface area contributed by atoms with Gasteiger partial charge in [-0.25, -0.2) is 0 Å². The molecule has 1 atom stereocenters. The molecule has 2 N–H and O–H groups in total. The first kappa shape index (κ1) is 20.0. The highest BCUT2D eigenvalue weighted by Crippen LogP contribution is 2.41. The van der Waals surface area contributed by atoms with E-state index < -0.39 is 0 Å². The monoisotopic (exact) mass is 444 g/mol. The third-order valence-corrected chi connectivity index (χ3v) is 6.28. The number of nitrogens with one attached hydrogen (secondary N) is 2. The van der Waals surface area contributed by atoms with Gasteiger partial charge in [0.2, 0.25) is 0 Å². The molecule has 1 heterocycles. The second kappa shape index (κ2) is 8.57. The summed E-state index contributed by atoms with van der Waals surface area (Å²) in [6.07, 6.45) is 2.16. The van der Waals surface area contributed by atoms with Crippen molar-refractivity contribution in [2.45, 2.75) is 18.9 Å². The number of hydrogen-bond donors (Lipinski definition) is 2. The molecule has 1 aliphatic rings. The second-order valence-corrected chi connectivity index (χ2v) is 8.76. The number of carbonyl (C=O) groups excluding carboxylic acids is 2. The molecule has 0 spiro atoms. The Balaban J connectivity index is 1.52. The normalized spacial score (nSPS) is 14.3. The summed E-state index contributed by atoms with van der Waals surface area (Å²) in [5.74, 6) is -0.0398. The maximum Gasteiger partial charge on any atom is 0.265 e. The lowest BCUT2D eigenvalue weighted by atomic mass is 10.0. The standard InChI is InChI=1S/C22H18Cl2N2O2S/c23-16-8-5-14(6-9-16)20(13-3-4-13)26-21(27)15-7-10-17(24)18(12-15)25-22(28)19-2-1-11-29-19/h1-2,5-13,20H,3-4H2,(H,25,28)(H,26,27). The van der Waals surface area contributed by atoms with E-state index in [1.54, 1.807) is 30.3 Å². The zero-order valence-electron chi connectivity index (χ0n) is 15.3. The minimum absolute atomic E-state index is 0.0698. The van der Waals surface area contributed by atoms with E-state index in [4.69, 9.17) is 23.2 Å². The van der Waals surface area contributed by atoms with E-state index >= 15 is 0 Å². The molecule has 0 saturated heterocycles. The van der Waals surface area contributed by atoms with Crippen molar-refractivity contribution in [3.8, 4) is 0 Å². The van der Waals surface area contributed by atoms with Crippen molar-refractivity contribution >= 4 is 52.0 Å². The molecule has 1 aromatic heterocycles. The van der Waals surface area contributed by atoms with E-state index in [2.05, 4.69) is 10.6 Å². The van der Waals surface area contributed by atoms with E-state index in [1.165, 1.54) is 11.3 Å². The molecule has 1 fully saturated rings. The number of rotatable bonds is 6. The summed E-state index contributed by atoms with van der Waals surface area (Å²) in [4.78, 5) is 25.8. The van der Waals surface area contributed by atoms with Crippen LogP contribution in [-0.2, 0) is 0 Å². The smallest absolute Gasteiger partial charge is 0.265 e. The molecule has 0 radical (unpaired) electrons. The number of thiophene rings is 1. The van der Waals surface area contributed by atoms with Crippen molar-refractivity contribution in [3.63, 3.8) is 0 Å². The third-order valence-electron chi connectivity index (χ3n) is 4.83. The quantitative estimate of drug-likeness (QED) is 0.476. The average Bonchev–Trinajstić information content (AvgIpc) is 3.40. The van der Waals surface area contributed by atoms with Crippen molar-refractivity contribution in [1.82, 2.24) is 5.32 Å². The predicted octanol–water partition coefficient (Wildman–Crippen LogP) is 6.19. The lowest BCUT2D eigenvalue weighted by Gasteiger charge is -2.19. The van der Waals surface area contributed by atoms with Gasteiger partial charge < -0.3 is 10.6 Å². The third kappa shape index (κ3) is 4.81. The van der Waals surface area contributed by atoms with Gasteiger partial charge in [-0.1, -0.05) is 41.4 Å². The highest BCUT2D eigenvalue weighted by molar-refractivity contribution is 7.12. The number of benzene rings is 2. The largest absolute Gasteiger partial charge is 0.345 e. The zero-order valence-corrected chi connectivity index (χ0v) is 17.7. The van der Waals surface area contributed by atoms with Gasteiger partial charge in [-0.2, -0.15) is 0 Å². The number of amides is 2. The number of anilines is 1. The fourth-order valence-corrected chi connectivity index (χ4v) is 4.06. The highest BCUT2D eigenvalue weighted by atomic mass is 35.5. The SMILES string of the molecule is O=C(NC(c1ccc(Cl)cc1)C1CC1)c1ccc(Cl)c(NC(=O)c2cccs2)c1. The molecule has 7 heteroatoms. The van der Waals surface area contributed by atoms with Crippen molar-refractivity contribution in [2.75, 3.05) is 5.32 Å². The molecule has 1 aliphatic carbocycles.